The predicted molar refractivity (Wildman–Crippen MR) is 175 cm³/mol. The fourth-order valence-corrected chi connectivity index (χ4v) is 5.28. The van der Waals surface area contributed by atoms with Crippen LogP contribution in [0.5, 0.6) is 0 Å². The lowest BCUT2D eigenvalue weighted by Crippen LogP contribution is -2.47. The van der Waals surface area contributed by atoms with E-state index in [4.69, 9.17) is 9.73 Å². The first-order chi connectivity index (χ1) is 21.7. The van der Waals surface area contributed by atoms with Crippen LogP contribution in [0, 0.1) is 0 Å². The molecule has 4 unspecified atom stereocenters. The Bertz CT molecular complexity index is 1410. The van der Waals surface area contributed by atoms with Gasteiger partial charge in [0.2, 0.25) is 5.91 Å². The van der Waals surface area contributed by atoms with Gasteiger partial charge in [0, 0.05) is 25.7 Å². The lowest BCUT2D eigenvalue weighted by Gasteiger charge is -2.29. The molecule has 0 saturated heterocycles. The first-order valence-corrected chi connectivity index (χ1v) is 15.7. The maximum absolute atomic E-state index is 12.7. The molecule has 1 saturated carbocycles. The molecular formula is C35H45N5O5. The number of carbonyl (C=O) groups excluding carboxylic acids is 2. The number of amides is 2. The summed E-state index contributed by atoms with van der Waals surface area (Å²) < 4.78 is 5.21. The van der Waals surface area contributed by atoms with Gasteiger partial charge >= 0.3 is 12.1 Å². The molecule has 0 aromatic heterocycles. The molecule has 2 amide bonds. The van der Waals surface area contributed by atoms with Crippen molar-refractivity contribution in [2.45, 2.75) is 90.7 Å². The van der Waals surface area contributed by atoms with E-state index in [0.29, 0.717) is 6.54 Å². The van der Waals surface area contributed by atoms with Crippen LogP contribution in [0.25, 0.3) is 5.70 Å². The molecule has 4 rings (SSSR count). The van der Waals surface area contributed by atoms with Gasteiger partial charge in [-0.2, -0.15) is 0 Å². The molecular weight excluding hydrogens is 570 g/mol. The zero-order chi connectivity index (χ0) is 32.3. The van der Waals surface area contributed by atoms with Crippen molar-refractivity contribution in [1.82, 2.24) is 20.9 Å². The molecule has 0 radical (unpaired) electrons. The average molecular weight is 616 g/mol. The third-order valence-corrected chi connectivity index (χ3v) is 8.05. The van der Waals surface area contributed by atoms with Gasteiger partial charge in [-0.05, 0) is 54.9 Å². The van der Waals surface area contributed by atoms with Gasteiger partial charge < -0.3 is 30.7 Å². The van der Waals surface area contributed by atoms with Crippen molar-refractivity contribution in [2.24, 2.45) is 4.99 Å². The molecule has 4 N–H and O–H groups in total. The minimum Gasteiger partial charge on any atom is -0.480 e. The highest BCUT2D eigenvalue weighted by atomic mass is 16.5. The SMILES string of the molecule is CC/C=C\C1N=C(C(C)N(Cc2ccc(C(NCC(NC(=O)OCc3ccccc3)C(=O)O)=C3CC3)cc2)C(C)=O)NC1CC. The number of hydrogen-bond acceptors (Lipinski definition) is 7. The maximum atomic E-state index is 12.7. The van der Waals surface area contributed by atoms with E-state index in [1.165, 1.54) is 5.57 Å². The molecule has 10 heteroatoms. The molecule has 2 aromatic carbocycles. The third kappa shape index (κ3) is 9.44. The second kappa shape index (κ2) is 15.9. The lowest BCUT2D eigenvalue weighted by molar-refractivity contribution is -0.139. The number of aliphatic carboxylic acids is 1. The number of benzene rings is 2. The lowest BCUT2D eigenvalue weighted by atomic mass is 10.1. The number of rotatable bonds is 15. The smallest absolute Gasteiger partial charge is 0.408 e. The van der Waals surface area contributed by atoms with E-state index in [2.05, 4.69) is 41.9 Å². The number of alkyl carbamates (subject to hydrolysis) is 1. The van der Waals surface area contributed by atoms with Crippen LogP contribution in [0.4, 0.5) is 4.79 Å². The topological polar surface area (TPSA) is 132 Å². The number of nitrogens with zero attached hydrogens (tertiary/aromatic N) is 2. The maximum Gasteiger partial charge on any atom is 0.408 e. The number of nitrogens with one attached hydrogen (secondary N) is 3. The molecule has 2 aromatic rings. The van der Waals surface area contributed by atoms with Gasteiger partial charge in [0.1, 0.15) is 18.5 Å². The van der Waals surface area contributed by atoms with Gasteiger partial charge in [-0.3, -0.25) is 9.79 Å². The molecule has 10 nitrogen and oxygen atoms in total. The van der Waals surface area contributed by atoms with E-state index in [9.17, 15) is 19.5 Å². The highest BCUT2D eigenvalue weighted by Crippen LogP contribution is 2.35. The summed E-state index contributed by atoms with van der Waals surface area (Å²) in [5, 5.41) is 19.0. The monoisotopic (exact) mass is 615 g/mol. The van der Waals surface area contributed by atoms with Crippen LogP contribution in [0.15, 0.2) is 77.3 Å². The highest BCUT2D eigenvalue weighted by Gasteiger charge is 2.31. The van der Waals surface area contributed by atoms with E-state index in [1.807, 2.05) is 66.4 Å². The van der Waals surface area contributed by atoms with Crippen LogP contribution in [0.2, 0.25) is 0 Å². The minimum absolute atomic E-state index is 0.00567. The second-order valence-electron chi connectivity index (χ2n) is 11.5. The van der Waals surface area contributed by atoms with E-state index in [0.717, 1.165) is 53.9 Å². The Kier molecular flexibility index (Phi) is 11.8. The van der Waals surface area contributed by atoms with Crippen molar-refractivity contribution in [3.05, 3.63) is 89.0 Å². The predicted octanol–water partition coefficient (Wildman–Crippen LogP) is 5.01. The second-order valence-corrected chi connectivity index (χ2v) is 11.5. The van der Waals surface area contributed by atoms with Crippen molar-refractivity contribution < 1.29 is 24.2 Å². The summed E-state index contributed by atoms with van der Waals surface area (Å²) in [6, 6.07) is 16.0. The highest BCUT2D eigenvalue weighted by molar-refractivity contribution is 5.92. The zero-order valence-electron chi connectivity index (χ0n) is 26.6. The number of carboxylic acids is 1. The molecule has 1 aliphatic carbocycles. The van der Waals surface area contributed by atoms with Gasteiger partial charge in [-0.15, -0.1) is 0 Å². The van der Waals surface area contributed by atoms with E-state index < -0.39 is 18.1 Å². The Morgan fingerprint density at radius 1 is 1.09 bits per heavy atom. The number of carboxylic acid groups (broad SMARTS) is 1. The van der Waals surface area contributed by atoms with E-state index in [1.54, 1.807) is 6.92 Å². The number of hydrogen-bond donors (Lipinski definition) is 4. The summed E-state index contributed by atoms with van der Waals surface area (Å²) in [4.78, 5) is 43.7. The summed E-state index contributed by atoms with van der Waals surface area (Å²) in [5.41, 5.74) is 4.76. The van der Waals surface area contributed by atoms with Crippen LogP contribution >= 0.6 is 0 Å². The molecule has 1 fully saturated rings. The van der Waals surface area contributed by atoms with Gasteiger partial charge in [0.15, 0.2) is 0 Å². The van der Waals surface area contributed by atoms with Crippen molar-refractivity contribution in [3.8, 4) is 0 Å². The molecule has 1 aliphatic heterocycles. The van der Waals surface area contributed by atoms with Crippen molar-refractivity contribution >= 4 is 29.5 Å². The number of amidine groups is 1. The van der Waals surface area contributed by atoms with E-state index >= 15 is 0 Å². The van der Waals surface area contributed by atoms with Crippen LogP contribution in [0.3, 0.4) is 0 Å². The molecule has 45 heavy (non-hydrogen) atoms. The van der Waals surface area contributed by atoms with E-state index in [-0.39, 0.29) is 37.2 Å². The molecule has 1 heterocycles. The number of aliphatic imine (C=N–C) groups is 1. The van der Waals surface area contributed by atoms with Crippen molar-refractivity contribution in [3.63, 3.8) is 0 Å². The van der Waals surface area contributed by atoms with Gasteiger partial charge in [0.05, 0.1) is 18.1 Å². The molecule has 0 spiro atoms. The first kappa shape index (κ1) is 33.3. The third-order valence-electron chi connectivity index (χ3n) is 8.05. The summed E-state index contributed by atoms with van der Waals surface area (Å²) in [6.45, 7) is 8.30. The fourth-order valence-electron chi connectivity index (χ4n) is 5.28. The Balaban J connectivity index is 1.37. The van der Waals surface area contributed by atoms with Crippen LogP contribution in [-0.4, -0.2) is 64.5 Å². The molecule has 240 valence electrons. The Morgan fingerprint density at radius 2 is 1.80 bits per heavy atom. The van der Waals surface area contributed by atoms with Crippen LogP contribution in [0.1, 0.15) is 70.1 Å². The summed E-state index contributed by atoms with van der Waals surface area (Å²) in [7, 11) is 0. The molecule has 0 bridgehead atoms. The Morgan fingerprint density at radius 3 is 2.40 bits per heavy atom. The summed E-state index contributed by atoms with van der Waals surface area (Å²) in [5.74, 6) is -0.365. The van der Waals surface area contributed by atoms with Crippen molar-refractivity contribution in [1.29, 1.82) is 0 Å². The van der Waals surface area contributed by atoms with Gasteiger partial charge in [-0.1, -0.05) is 80.6 Å². The summed E-state index contributed by atoms with van der Waals surface area (Å²) in [6.07, 6.45) is 7.23. The number of carbonyl (C=O) groups is 3. The van der Waals surface area contributed by atoms with Gasteiger partial charge in [0.25, 0.3) is 0 Å². The standard InChI is InChI=1S/C35H45N5O5/c1-5-7-13-30-29(6-2)37-33(38-30)23(3)40(24(4)41)21-25-14-16-27(17-15-25)32(28-18-19-28)36-20-31(34(42)43)39-35(44)45-22-26-11-9-8-10-12-26/h7-17,23,29-31,36H,5-6,18-22H2,1-4H3,(H,37,38)(H,39,44)(H,42,43)/b13-7-. The average Bonchev–Trinajstić information content (AvgIpc) is 3.79. The largest absolute Gasteiger partial charge is 0.480 e. The first-order valence-electron chi connectivity index (χ1n) is 15.7. The molecule has 2 aliphatic rings. The minimum atomic E-state index is -1.18. The molecule has 4 atom stereocenters. The zero-order valence-corrected chi connectivity index (χ0v) is 26.6. The normalized spacial score (nSPS) is 18.4. The van der Waals surface area contributed by atoms with Crippen molar-refractivity contribution in [2.75, 3.05) is 6.54 Å². The Labute approximate surface area is 265 Å². The summed E-state index contributed by atoms with van der Waals surface area (Å²) >= 11 is 0. The Hall–Kier alpha value is -4.60. The van der Waals surface area contributed by atoms with Crippen LogP contribution in [-0.2, 0) is 27.5 Å². The quantitative estimate of drug-likeness (QED) is 0.207. The number of allylic oxidation sites excluding steroid dienone is 2. The van der Waals surface area contributed by atoms with Crippen LogP contribution < -0.4 is 16.0 Å². The number of ether oxygens (including phenoxy) is 1. The van der Waals surface area contributed by atoms with Gasteiger partial charge in [-0.25, -0.2) is 9.59 Å². The fraction of sp³-hybridized carbons (Fsp3) is 0.429.